The molecular weight excluding hydrogens is 136 g/mol. The van der Waals surface area contributed by atoms with Crippen molar-refractivity contribution < 1.29 is 19.8 Å². The predicted molar refractivity (Wildman–Crippen MR) is 30.9 cm³/mol. The molecular formula is C6H7O4-. The molecule has 0 saturated heterocycles. The van der Waals surface area contributed by atoms with Gasteiger partial charge >= 0.3 is 5.97 Å². The Morgan fingerprint density at radius 1 is 1.60 bits per heavy atom. The first-order valence-corrected chi connectivity index (χ1v) is 2.59. The van der Waals surface area contributed by atoms with Crippen molar-refractivity contribution in [1.29, 1.82) is 0 Å². The summed E-state index contributed by atoms with van der Waals surface area (Å²) in [5.41, 5.74) is -0.410. The van der Waals surface area contributed by atoms with Crippen molar-refractivity contribution in [2.24, 2.45) is 5.92 Å². The molecule has 0 aromatic heterocycles. The Kier molecular flexibility index (Phi) is 2.61. The van der Waals surface area contributed by atoms with E-state index in [1.165, 1.54) is 6.92 Å². The van der Waals surface area contributed by atoms with Crippen molar-refractivity contribution in [2.45, 2.75) is 6.92 Å². The second kappa shape index (κ2) is 3.00. The van der Waals surface area contributed by atoms with E-state index in [-0.39, 0.29) is 0 Å². The van der Waals surface area contributed by atoms with E-state index in [0.717, 1.165) is 0 Å². The fourth-order valence-corrected chi connectivity index (χ4v) is 0.326. The van der Waals surface area contributed by atoms with Crippen LogP contribution in [-0.2, 0) is 9.59 Å². The Balaban J connectivity index is 4.22. The van der Waals surface area contributed by atoms with Crippen molar-refractivity contribution in [1.82, 2.24) is 0 Å². The summed E-state index contributed by atoms with van der Waals surface area (Å²) in [5.74, 6) is -3.81. The molecule has 1 N–H and O–H groups in total. The summed E-state index contributed by atoms with van der Waals surface area (Å²) in [7, 11) is 0. The topological polar surface area (TPSA) is 77.4 Å². The number of hydrogen-bond acceptors (Lipinski definition) is 3. The van der Waals surface area contributed by atoms with E-state index in [4.69, 9.17) is 5.11 Å². The van der Waals surface area contributed by atoms with E-state index in [2.05, 4.69) is 6.58 Å². The molecule has 0 rings (SSSR count). The van der Waals surface area contributed by atoms with Crippen LogP contribution in [0.2, 0.25) is 0 Å². The van der Waals surface area contributed by atoms with Crippen LogP contribution in [0.15, 0.2) is 12.2 Å². The van der Waals surface area contributed by atoms with Crippen LogP contribution in [0.3, 0.4) is 0 Å². The quantitative estimate of drug-likeness (QED) is 0.515. The van der Waals surface area contributed by atoms with Gasteiger partial charge in [-0.15, -0.1) is 0 Å². The van der Waals surface area contributed by atoms with Gasteiger partial charge in [0, 0.05) is 0 Å². The minimum absolute atomic E-state index is 0.410. The second-order valence-electron chi connectivity index (χ2n) is 1.87. The zero-order valence-electron chi connectivity index (χ0n) is 5.46. The Hall–Kier alpha value is -1.32. The molecule has 0 spiro atoms. The number of carbonyl (C=O) groups is 2. The second-order valence-corrected chi connectivity index (χ2v) is 1.87. The fraction of sp³-hybridized carbons (Fsp3) is 0.333. The molecule has 10 heavy (non-hydrogen) atoms. The van der Waals surface area contributed by atoms with Crippen LogP contribution in [0, 0.1) is 5.92 Å². The maximum atomic E-state index is 10.1. The summed E-state index contributed by atoms with van der Waals surface area (Å²) >= 11 is 0. The summed E-state index contributed by atoms with van der Waals surface area (Å²) in [5, 5.41) is 18.2. The van der Waals surface area contributed by atoms with Gasteiger partial charge in [-0.2, -0.15) is 0 Å². The van der Waals surface area contributed by atoms with Crippen LogP contribution < -0.4 is 5.11 Å². The summed E-state index contributed by atoms with van der Waals surface area (Å²) in [6.07, 6.45) is 0. The van der Waals surface area contributed by atoms with Gasteiger partial charge in [-0.1, -0.05) is 6.58 Å². The van der Waals surface area contributed by atoms with Crippen LogP contribution in [0.4, 0.5) is 0 Å². The fourth-order valence-electron chi connectivity index (χ4n) is 0.326. The number of carboxylic acid groups (broad SMARTS) is 2. The lowest BCUT2D eigenvalue weighted by molar-refractivity contribution is -0.299. The van der Waals surface area contributed by atoms with Crippen molar-refractivity contribution in [2.75, 3.05) is 0 Å². The van der Waals surface area contributed by atoms with Crippen LogP contribution in [0.25, 0.3) is 0 Å². The molecule has 1 atom stereocenters. The molecule has 0 fully saturated rings. The summed E-state index contributed by atoms with van der Waals surface area (Å²) in [6, 6.07) is 0. The van der Waals surface area contributed by atoms with Crippen LogP contribution in [0.1, 0.15) is 6.92 Å². The minimum Gasteiger partial charge on any atom is -0.545 e. The van der Waals surface area contributed by atoms with E-state index in [1.807, 2.05) is 0 Å². The van der Waals surface area contributed by atoms with E-state index >= 15 is 0 Å². The molecule has 0 heterocycles. The molecule has 0 amide bonds. The average molecular weight is 143 g/mol. The first kappa shape index (κ1) is 8.68. The number of rotatable bonds is 3. The van der Waals surface area contributed by atoms with E-state index in [9.17, 15) is 14.7 Å². The smallest absolute Gasteiger partial charge is 0.310 e. The molecule has 0 radical (unpaired) electrons. The highest BCUT2D eigenvalue weighted by Crippen LogP contribution is 2.05. The van der Waals surface area contributed by atoms with Crippen molar-refractivity contribution in [3.63, 3.8) is 0 Å². The minimum atomic E-state index is -1.52. The molecule has 0 aliphatic heterocycles. The molecule has 0 aliphatic rings. The highest BCUT2D eigenvalue weighted by molar-refractivity contribution is 5.91. The molecule has 4 nitrogen and oxygen atoms in total. The van der Waals surface area contributed by atoms with E-state index < -0.39 is 23.4 Å². The van der Waals surface area contributed by atoms with Gasteiger partial charge in [-0.05, 0) is 12.5 Å². The van der Waals surface area contributed by atoms with Crippen molar-refractivity contribution in [3.05, 3.63) is 12.2 Å². The van der Waals surface area contributed by atoms with Gasteiger partial charge in [0.05, 0.1) is 11.9 Å². The van der Waals surface area contributed by atoms with Crippen LogP contribution >= 0.6 is 0 Å². The number of carbonyl (C=O) groups excluding carboxylic acids is 1. The Morgan fingerprint density at radius 2 is 2.00 bits per heavy atom. The predicted octanol–water partition coefficient (Wildman–Crippen LogP) is -0.987. The molecule has 0 aromatic rings. The number of hydrogen-bond donors (Lipinski definition) is 1. The summed E-state index contributed by atoms with van der Waals surface area (Å²) in [4.78, 5) is 20.1. The molecule has 0 aliphatic carbocycles. The van der Waals surface area contributed by atoms with Gasteiger partial charge in [0.15, 0.2) is 0 Å². The van der Waals surface area contributed by atoms with Gasteiger partial charge in [-0.25, -0.2) is 0 Å². The SMILES string of the molecule is C=C(C(=O)[O-])C(C)C(=O)O. The van der Waals surface area contributed by atoms with Gasteiger partial charge in [0.1, 0.15) is 0 Å². The van der Waals surface area contributed by atoms with Crippen LogP contribution in [0.5, 0.6) is 0 Å². The lowest BCUT2D eigenvalue weighted by atomic mass is 10.0. The van der Waals surface area contributed by atoms with Gasteiger partial charge in [0.2, 0.25) is 0 Å². The molecule has 0 saturated carbocycles. The number of aliphatic carboxylic acids is 2. The third kappa shape index (κ3) is 1.89. The maximum absolute atomic E-state index is 10.1. The lowest BCUT2D eigenvalue weighted by Crippen LogP contribution is -2.29. The van der Waals surface area contributed by atoms with Crippen LogP contribution in [-0.4, -0.2) is 17.0 Å². The highest BCUT2D eigenvalue weighted by atomic mass is 16.4. The maximum Gasteiger partial charge on any atom is 0.310 e. The van der Waals surface area contributed by atoms with Crippen molar-refractivity contribution >= 4 is 11.9 Å². The monoisotopic (exact) mass is 143 g/mol. The number of carboxylic acids is 2. The van der Waals surface area contributed by atoms with Gasteiger partial charge < -0.3 is 15.0 Å². The standard InChI is InChI=1S/C6H8O4/c1-3(5(7)8)4(2)6(9)10/h4H,1H2,2H3,(H,7,8)(H,9,10)/p-1. The Bertz CT molecular complexity index is 182. The van der Waals surface area contributed by atoms with Gasteiger partial charge in [0.25, 0.3) is 0 Å². The van der Waals surface area contributed by atoms with Gasteiger partial charge in [-0.3, -0.25) is 4.79 Å². The van der Waals surface area contributed by atoms with E-state index in [0.29, 0.717) is 0 Å². The zero-order valence-corrected chi connectivity index (χ0v) is 5.46. The molecule has 4 heteroatoms. The first-order valence-electron chi connectivity index (χ1n) is 2.59. The molecule has 56 valence electrons. The Morgan fingerprint density at radius 3 is 2.10 bits per heavy atom. The summed E-state index contributed by atoms with van der Waals surface area (Å²) < 4.78 is 0. The average Bonchev–Trinajstić information content (AvgIpc) is 1.84. The Labute approximate surface area is 57.8 Å². The summed E-state index contributed by atoms with van der Waals surface area (Å²) in [6.45, 7) is 4.27. The van der Waals surface area contributed by atoms with Crippen molar-refractivity contribution in [3.8, 4) is 0 Å². The largest absolute Gasteiger partial charge is 0.545 e. The third-order valence-corrected chi connectivity index (χ3v) is 1.16. The molecule has 1 unspecified atom stereocenters. The lowest BCUT2D eigenvalue weighted by Gasteiger charge is -2.09. The molecule has 0 aromatic carbocycles. The zero-order chi connectivity index (χ0) is 8.31. The highest BCUT2D eigenvalue weighted by Gasteiger charge is 2.14. The normalized spacial score (nSPS) is 12.1. The first-order chi connectivity index (χ1) is 4.46. The molecule has 0 bridgehead atoms. The van der Waals surface area contributed by atoms with E-state index in [1.54, 1.807) is 0 Å². The third-order valence-electron chi connectivity index (χ3n) is 1.16.